The lowest BCUT2D eigenvalue weighted by atomic mass is 9.95. The minimum atomic E-state index is -0.0687. The number of carbonyl (C=O) groups is 2. The van der Waals surface area contributed by atoms with E-state index >= 15 is 0 Å². The Kier molecular flexibility index (Phi) is 5.35. The number of aromatic nitrogens is 1. The Morgan fingerprint density at radius 3 is 2.81 bits per heavy atom. The number of hydrogen-bond acceptors (Lipinski definition) is 6. The van der Waals surface area contributed by atoms with E-state index in [1.807, 2.05) is 28.3 Å². The summed E-state index contributed by atoms with van der Waals surface area (Å²) in [5.41, 5.74) is 1.54. The molecule has 0 spiro atoms. The summed E-state index contributed by atoms with van der Waals surface area (Å²) in [4.78, 5) is 31.3. The summed E-state index contributed by atoms with van der Waals surface area (Å²) in [5.74, 6) is 0.635. The van der Waals surface area contributed by atoms with Crippen molar-refractivity contribution in [2.24, 2.45) is 5.92 Å². The normalized spacial score (nSPS) is 15.0. The van der Waals surface area contributed by atoms with Crippen LogP contribution < -0.4 is 5.32 Å². The zero-order chi connectivity index (χ0) is 18.6. The van der Waals surface area contributed by atoms with Crippen molar-refractivity contribution in [2.45, 2.75) is 19.4 Å². The number of thiophene rings is 1. The predicted molar refractivity (Wildman–Crippen MR) is 105 cm³/mol. The molecule has 0 aromatic carbocycles. The number of piperidine rings is 1. The van der Waals surface area contributed by atoms with Gasteiger partial charge in [0.15, 0.2) is 0 Å². The maximum absolute atomic E-state index is 12.7. The number of likely N-dealkylation sites (tertiary alicyclic amines) is 1. The highest BCUT2D eigenvalue weighted by atomic mass is 32.1. The summed E-state index contributed by atoms with van der Waals surface area (Å²) in [5, 5.41) is 9.62. The lowest BCUT2D eigenvalue weighted by Crippen LogP contribution is -2.43. The van der Waals surface area contributed by atoms with Gasteiger partial charge in [0.25, 0.3) is 5.91 Å². The van der Waals surface area contributed by atoms with E-state index in [-0.39, 0.29) is 17.7 Å². The third kappa shape index (κ3) is 4.12. The molecule has 1 N–H and O–H groups in total. The average Bonchev–Trinajstić information content (AvgIpc) is 3.47. The Morgan fingerprint density at radius 1 is 1.26 bits per heavy atom. The van der Waals surface area contributed by atoms with Gasteiger partial charge in [0.05, 0.1) is 12.8 Å². The Bertz CT molecular complexity index is 895. The fourth-order valence-corrected chi connectivity index (χ4v) is 4.64. The largest absolute Gasteiger partial charge is 0.467 e. The molecule has 4 heterocycles. The number of furan rings is 1. The van der Waals surface area contributed by atoms with Gasteiger partial charge in [-0.05, 0) is 36.4 Å². The van der Waals surface area contributed by atoms with Crippen molar-refractivity contribution in [1.29, 1.82) is 0 Å². The zero-order valence-corrected chi connectivity index (χ0v) is 16.2. The fraction of sp³-hybridized carbons (Fsp3) is 0.316. The highest BCUT2D eigenvalue weighted by Gasteiger charge is 2.28. The topological polar surface area (TPSA) is 75.4 Å². The van der Waals surface area contributed by atoms with Crippen molar-refractivity contribution >= 4 is 34.5 Å². The molecule has 4 rings (SSSR count). The summed E-state index contributed by atoms with van der Waals surface area (Å²) >= 11 is 3.10. The monoisotopic (exact) mass is 401 g/mol. The quantitative estimate of drug-likeness (QED) is 0.708. The number of nitrogens with zero attached hydrogens (tertiary/aromatic N) is 2. The van der Waals surface area contributed by atoms with E-state index in [1.54, 1.807) is 28.6 Å². The first kappa shape index (κ1) is 17.9. The van der Waals surface area contributed by atoms with E-state index in [2.05, 4.69) is 10.3 Å². The van der Waals surface area contributed by atoms with Crippen LogP contribution in [0.15, 0.2) is 45.0 Å². The molecule has 0 radical (unpaired) electrons. The van der Waals surface area contributed by atoms with Crippen molar-refractivity contribution in [3.8, 4) is 10.6 Å². The molecule has 0 atom stereocenters. The van der Waals surface area contributed by atoms with Crippen LogP contribution in [0.3, 0.4) is 0 Å². The summed E-state index contributed by atoms with van der Waals surface area (Å²) in [7, 11) is 0. The third-order valence-corrected chi connectivity index (χ3v) is 6.24. The molecule has 27 heavy (non-hydrogen) atoms. The smallest absolute Gasteiger partial charge is 0.273 e. The maximum Gasteiger partial charge on any atom is 0.273 e. The van der Waals surface area contributed by atoms with Crippen LogP contribution in [0, 0.1) is 5.92 Å². The van der Waals surface area contributed by atoms with Gasteiger partial charge in [0.2, 0.25) is 5.91 Å². The molecule has 0 unspecified atom stereocenters. The van der Waals surface area contributed by atoms with Gasteiger partial charge in [-0.2, -0.15) is 11.3 Å². The van der Waals surface area contributed by atoms with Gasteiger partial charge < -0.3 is 14.6 Å². The van der Waals surface area contributed by atoms with E-state index in [0.29, 0.717) is 38.2 Å². The van der Waals surface area contributed by atoms with Crippen LogP contribution in [-0.4, -0.2) is 34.8 Å². The number of hydrogen-bond donors (Lipinski definition) is 1. The molecule has 3 aromatic rings. The number of nitrogens with one attached hydrogen (secondary N) is 1. The molecule has 0 aliphatic carbocycles. The second kappa shape index (κ2) is 8.06. The highest BCUT2D eigenvalue weighted by molar-refractivity contribution is 7.14. The van der Waals surface area contributed by atoms with Gasteiger partial charge in [0, 0.05) is 35.3 Å². The molecular formula is C19H19N3O3S2. The number of amides is 2. The Balaban J connectivity index is 1.29. The van der Waals surface area contributed by atoms with Crippen LogP contribution in [0.1, 0.15) is 29.1 Å². The summed E-state index contributed by atoms with van der Waals surface area (Å²) in [6.07, 6.45) is 2.92. The molecular weight excluding hydrogens is 382 g/mol. The Labute approximate surface area is 164 Å². The lowest BCUT2D eigenvalue weighted by molar-refractivity contribution is -0.126. The molecule has 1 aliphatic heterocycles. The van der Waals surface area contributed by atoms with Gasteiger partial charge in [-0.25, -0.2) is 4.98 Å². The first-order valence-corrected chi connectivity index (χ1v) is 10.6. The van der Waals surface area contributed by atoms with Crippen molar-refractivity contribution in [3.05, 3.63) is 52.1 Å². The second-order valence-corrected chi connectivity index (χ2v) is 8.05. The van der Waals surface area contributed by atoms with Crippen LogP contribution in [0.4, 0.5) is 0 Å². The van der Waals surface area contributed by atoms with E-state index in [9.17, 15) is 9.59 Å². The summed E-state index contributed by atoms with van der Waals surface area (Å²) in [6.45, 7) is 1.54. The van der Waals surface area contributed by atoms with Crippen LogP contribution in [0.25, 0.3) is 10.6 Å². The van der Waals surface area contributed by atoms with E-state index in [1.165, 1.54) is 11.3 Å². The van der Waals surface area contributed by atoms with Crippen molar-refractivity contribution < 1.29 is 14.0 Å². The first-order chi connectivity index (χ1) is 13.2. The molecule has 1 aliphatic rings. The number of thiazole rings is 1. The Hall–Kier alpha value is -2.45. The van der Waals surface area contributed by atoms with Crippen molar-refractivity contribution in [1.82, 2.24) is 15.2 Å². The van der Waals surface area contributed by atoms with Crippen molar-refractivity contribution in [3.63, 3.8) is 0 Å². The van der Waals surface area contributed by atoms with Crippen LogP contribution in [-0.2, 0) is 11.3 Å². The van der Waals surface area contributed by atoms with Gasteiger partial charge in [-0.1, -0.05) is 0 Å². The molecule has 140 valence electrons. The fourth-order valence-electron chi connectivity index (χ4n) is 3.13. The van der Waals surface area contributed by atoms with Gasteiger partial charge in [-0.3, -0.25) is 9.59 Å². The molecule has 6 nitrogen and oxygen atoms in total. The average molecular weight is 402 g/mol. The molecule has 8 heteroatoms. The Morgan fingerprint density at radius 2 is 2.11 bits per heavy atom. The lowest BCUT2D eigenvalue weighted by Gasteiger charge is -2.30. The van der Waals surface area contributed by atoms with Gasteiger partial charge in [-0.15, -0.1) is 11.3 Å². The SMILES string of the molecule is O=C(NCc1ccco1)C1CCN(C(=O)c2csc(-c3ccsc3)n2)CC1. The van der Waals surface area contributed by atoms with Gasteiger partial charge >= 0.3 is 0 Å². The van der Waals surface area contributed by atoms with Gasteiger partial charge in [0.1, 0.15) is 16.5 Å². The molecule has 1 saturated heterocycles. The standard InChI is InChI=1S/C19H19N3O3S2/c23-17(20-10-15-2-1-8-25-15)13-3-6-22(7-4-13)19(24)16-12-27-18(21-16)14-5-9-26-11-14/h1-2,5,8-9,11-13H,3-4,6-7,10H2,(H,20,23). The molecule has 2 amide bonds. The molecule has 1 fully saturated rings. The maximum atomic E-state index is 12.7. The summed E-state index contributed by atoms with van der Waals surface area (Å²) < 4.78 is 5.22. The predicted octanol–water partition coefficient (Wildman–Crippen LogP) is 3.63. The third-order valence-electron chi connectivity index (χ3n) is 4.66. The number of carbonyl (C=O) groups excluding carboxylic acids is 2. The molecule has 3 aromatic heterocycles. The number of rotatable bonds is 5. The molecule has 0 saturated carbocycles. The van der Waals surface area contributed by atoms with E-state index in [4.69, 9.17) is 4.42 Å². The van der Waals surface area contributed by atoms with Crippen LogP contribution in [0.2, 0.25) is 0 Å². The summed E-state index contributed by atoms with van der Waals surface area (Å²) in [6, 6.07) is 5.64. The second-order valence-electron chi connectivity index (χ2n) is 6.41. The van der Waals surface area contributed by atoms with Crippen LogP contribution in [0.5, 0.6) is 0 Å². The molecule has 0 bridgehead atoms. The van der Waals surface area contributed by atoms with E-state index in [0.717, 1.165) is 16.3 Å². The minimum absolute atomic E-state index is 0.0203. The first-order valence-electron chi connectivity index (χ1n) is 8.78. The van der Waals surface area contributed by atoms with Crippen molar-refractivity contribution in [2.75, 3.05) is 13.1 Å². The zero-order valence-electron chi connectivity index (χ0n) is 14.6. The van der Waals surface area contributed by atoms with Crippen LogP contribution >= 0.6 is 22.7 Å². The minimum Gasteiger partial charge on any atom is -0.467 e. The highest BCUT2D eigenvalue weighted by Crippen LogP contribution is 2.27. The van der Waals surface area contributed by atoms with E-state index < -0.39 is 0 Å².